The van der Waals surface area contributed by atoms with E-state index in [2.05, 4.69) is 16.8 Å². The van der Waals surface area contributed by atoms with E-state index >= 15 is 0 Å². The zero-order chi connectivity index (χ0) is 13.0. The van der Waals surface area contributed by atoms with Crippen LogP contribution in [0.1, 0.15) is 20.3 Å². The summed E-state index contributed by atoms with van der Waals surface area (Å²) in [7, 11) is 0. The molecular weight excluding hydrogens is 226 g/mol. The van der Waals surface area contributed by atoms with Gasteiger partial charge < -0.3 is 15.4 Å². The molecule has 0 aliphatic carbocycles. The highest BCUT2D eigenvalue weighted by Gasteiger charge is 2.25. The predicted octanol–water partition coefficient (Wildman–Crippen LogP) is 1.90. The molecule has 2 unspecified atom stereocenters. The minimum atomic E-state index is 0.566. The molecular formula is C14H23N3O. The minimum Gasteiger partial charge on any atom is -0.478 e. The Morgan fingerprint density at radius 2 is 2.33 bits per heavy atom. The van der Waals surface area contributed by atoms with Gasteiger partial charge in [0.1, 0.15) is 5.82 Å². The topological polar surface area (TPSA) is 51.4 Å². The van der Waals surface area contributed by atoms with Crippen LogP contribution in [0.15, 0.2) is 18.2 Å². The molecule has 1 aromatic rings. The number of anilines is 1. The van der Waals surface area contributed by atoms with Gasteiger partial charge in [-0.15, -0.1) is 0 Å². The highest BCUT2D eigenvalue weighted by atomic mass is 16.5. The van der Waals surface area contributed by atoms with Crippen molar-refractivity contribution in [3.63, 3.8) is 0 Å². The van der Waals surface area contributed by atoms with Gasteiger partial charge in [-0.3, -0.25) is 0 Å². The quantitative estimate of drug-likeness (QED) is 0.885. The first-order chi connectivity index (χ1) is 8.74. The average molecular weight is 249 g/mol. The van der Waals surface area contributed by atoms with Crippen molar-refractivity contribution in [3.8, 4) is 5.88 Å². The fourth-order valence-electron chi connectivity index (χ4n) is 2.47. The van der Waals surface area contributed by atoms with Crippen LogP contribution < -0.4 is 15.4 Å². The molecule has 100 valence electrons. The lowest BCUT2D eigenvalue weighted by molar-refractivity contribution is 0.304. The summed E-state index contributed by atoms with van der Waals surface area (Å²) in [5.74, 6) is 2.99. The van der Waals surface area contributed by atoms with E-state index in [9.17, 15) is 0 Å². The molecule has 0 aromatic carbocycles. The van der Waals surface area contributed by atoms with Gasteiger partial charge in [0.05, 0.1) is 6.61 Å². The molecule has 2 rings (SSSR count). The van der Waals surface area contributed by atoms with Gasteiger partial charge in [-0.2, -0.15) is 4.98 Å². The first-order valence-corrected chi connectivity index (χ1v) is 6.79. The van der Waals surface area contributed by atoms with Crippen molar-refractivity contribution in [2.45, 2.75) is 20.3 Å². The van der Waals surface area contributed by atoms with Crippen LogP contribution in [0, 0.1) is 11.8 Å². The maximum absolute atomic E-state index is 5.84. The third kappa shape index (κ3) is 2.93. The molecule has 1 aromatic heterocycles. The normalized spacial score (nSPS) is 24.1. The second-order valence-electron chi connectivity index (χ2n) is 4.97. The van der Waals surface area contributed by atoms with Crippen LogP contribution in [-0.2, 0) is 0 Å². The van der Waals surface area contributed by atoms with Crippen molar-refractivity contribution in [3.05, 3.63) is 18.2 Å². The molecule has 1 saturated heterocycles. The maximum atomic E-state index is 5.84. The number of pyridine rings is 1. The number of rotatable bonds is 4. The standard InChI is InChI=1S/C14H23N3O/c1-3-18-14-6-4-5-13(16-14)17-8-7-11(2)12(9-15)10-17/h4-6,11-12H,3,7-10,15H2,1-2H3. The van der Waals surface area contributed by atoms with Crippen molar-refractivity contribution in [1.82, 2.24) is 4.98 Å². The second kappa shape index (κ2) is 6.05. The summed E-state index contributed by atoms with van der Waals surface area (Å²) < 4.78 is 5.45. The van der Waals surface area contributed by atoms with Gasteiger partial charge in [-0.1, -0.05) is 13.0 Å². The Hall–Kier alpha value is -1.29. The smallest absolute Gasteiger partial charge is 0.215 e. The average Bonchev–Trinajstić information content (AvgIpc) is 2.40. The van der Waals surface area contributed by atoms with Crippen molar-refractivity contribution in [1.29, 1.82) is 0 Å². The van der Waals surface area contributed by atoms with E-state index in [0.717, 1.165) is 25.5 Å². The van der Waals surface area contributed by atoms with Gasteiger partial charge in [0.25, 0.3) is 0 Å². The summed E-state index contributed by atoms with van der Waals surface area (Å²) >= 11 is 0. The Kier molecular flexibility index (Phi) is 4.42. The van der Waals surface area contributed by atoms with Gasteiger partial charge in [-0.25, -0.2) is 0 Å². The number of ether oxygens (including phenoxy) is 1. The van der Waals surface area contributed by atoms with E-state index in [4.69, 9.17) is 10.5 Å². The van der Waals surface area contributed by atoms with Gasteiger partial charge in [0.15, 0.2) is 0 Å². The van der Waals surface area contributed by atoms with Crippen LogP contribution in [0.25, 0.3) is 0 Å². The van der Waals surface area contributed by atoms with Crippen LogP contribution in [-0.4, -0.2) is 31.2 Å². The molecule has 0 bridgehead atoms. The lowest BCUT2D eigenvalue weighted by atomic mass is 9.87. The number of hydrogen-bond acceptors (Lipinski definition) is 4. The van der Waals surface area contributed by atoms with Gasteiger partial charge >= 0.3 is 0 Å². The fraction of sp³-hybridized carbons (Fsp3) is 0.643. The molecule has 4 nitrogen and oxygen atoms in total. The summed E-state index contributed by atoms with van der Waals surface area (Å²) in [5, 5.41) is 0. The molecule has 0 spiro atoms. The molecule has 18 heavy (non-hydrogen) atoms. The Morgan fingerprint density at radius 3 is 3.06 bits per heavy atom. The minimum absolute atomic E-state index is 0.566. The van der Waals surface area contributed by atoms with Crippen LogP contribution >= 0.6 is 0 Å². The highest BCUT2D eigenvalue weighted by molar-refractivity contribution is 5.41. The number of hydrogen-bond donors (Lipinski definition) is 1. The molecule has 4 heteroatoms. The van der Waals surface area contributed by atoms with Gasteiger partial charge in [0, 0.05) is 19.2 Å². The highest BCUT2D eigenvalue weighted by Crippen LogP contribution is 2.26. The summed E-state index contributed by atoms with van der Waals surface area (Å²) in [6.07, 6.45) is 1.18. The Bertz CT molecular complexity index is 383. The SMILES string of the molecule is CCOc1cccc(N2CCC(C)C(CN)C2)n1. The first-order valence-electron chi connectivity index (χ1n) is 6.79. The van der Waals surface area contributed by atoms with Crippen LogP contribution in [0.2, 0.25) is 0 Å². The molecule has 1 aliphatic heterocycles. The van der Waals surface area contributed by atoms with Crippen molar-refractivity contribution in [2.24, 2.45) is 17.6 Å². The third-order valence-electron chi connectivity index (χ3n) is 3.74. The molecule has 2 heterocycles. The van der Waals surface area contributed by atoms with Gasteiger partial charge in [0.2, 0.25) is 5.88 Å². The Balaban J connectivity index is 2.09. The maximum Gasteiger partial charge on any atom is 0.215 e. The number of nitrogens with zero attached hydrogens (tertiary/aromatic N) is 2. The van der Waals surface area contributed by atoms with E-state index in [0.29, 0.717) is 24.3 Å². The van der Waals surface area contributed by atoms with E-state index < -0.39 is 0 Å². The number of piperidine rings is 1. The molecule has 0 amide bonds. The zero-order valence-electron chi connectivity index (χ0n) is 11.3. The molecule has 0 saturated carbocycles. The lowest BCUT2D eigenvalue weighted by Crippen LogP contribution is -2.43. The van der Waals surface area contributed by atoms with E-state index in [1.165, 1.54) is 6.42 Å². The van der Waals surface area contributed by atoms with Gasteiger partial charge in [-0.05, 0) is 37.8 Å². The summed E-state index contributed by atoms with van der Waals surface area (Å²) in [5.41, 5.74) is 5.84. The lowest BCUT2D eigenvalue weighted by Gasteiger charge is -2.37. The molecule has 0 radical (unpaired) electrons. The number of nitrogens with two attached hydrogens (primary N) is 1. The summed E-state index contributed by atoms with van der Waals surface area (Å²) in [4.78, 5) is 6.86. The predicted molar refractivity (Wildman–Crippen MR) is 73.9 cm³/mol. The van der Waals surface area contributed by atoms with Crippen molar-refractivity contribution in [2.75, 3.05) is 31.1 Å². The van der Waals surface area contributed by atoms with E-state index in [1.807, 2.05) is 25.1 Å². The summed E-state index contributed by atoms with van der Waals surface area (Å²) in [6.45, 7) is 7.72. The van der Waals surface area contributed by atoms with Crippen molar-refractivity contribution >= 4 is 5.82 Å². The Labute approximate surface area is 109 Å². The molecule has 1 aliphatic rings. The first kappa shape index (κ1) is 13.1. The fourth-order valence-corrected chi connectivity index (χ4v) is 2.47. The number of aromatic nitrogens is 1. The monoisotopic (exact) mass is 249 g/mol. The summed E-state index contributed by atoms with van der Waals surface area (Å²) in [6, 6.07) is 5.95. The second-order valence-corrected chi connectivity index (χ2v) is 4.97. The molecule has 1 fully saturated rings. The van der Waals surface area contributed by atoms with Crippen molar-refractivity contribution < 1.29 is 4.74 Å². The zero-order valence-corrected chi connectivity index (χ0v) is 11.3. The Morgan fingerprint density at radius 1 is 1.50 bits per heavy atom. The van der Waals surface area contributed by atoms with Crippen LogP contribution in [0.5, 0.6) is 5.88 Å². The molecule has 2 atom stereocenters. The van der Waals surface area contributed by atoms with Crippen LogP contribution in [0.3, 0.4) is 0 Å². The van der Waals surface area contributed by atoms with E-state index in [1.54, 1.807) is 0 Å². The van der Waals surface area contributed by atoms with E-state index in [-0.39, 0.29) is 0 Å². The largest absolute Gasteiger partial charge is 0.478 e. The van der Waals surface area contributed by atoms with Crippen LogP contribution in [0.4, 0.5) is 5.82 Å². The molecule has 2 N–H and O–H groups in total. The third-order valence-corrected chi connectivity index (χ3v) is 3.74.